The molecule has 0 radical (unpaired) electrons. The Balaban J connectivity index is 1.77. The SMILES string of the molecule is CC(C)N1CCN(C2=c3ccccc3=Nc3ccc(Cl)cc3N2)CC1. The van der Waals surface area contributed by atoms with Crippen LogP contribution in [0.25, 0.3) is 5.82 Å². The number of fused-ring (bicyclic) bond motifs is 2. The Bertz CT molecular complexity index is 898. The van der Waals surface area contributed by atoms with E-state index in [-0.39, 0.29) is 0 Å². The Morgan fingerprint density at radius 1 is 1.04 bits per heavy atom. The Morgan fingerprint density at radius 3 is 2.56 bits per heavy atom. The third kappa shape index (κ3) is 3.24. The van der Waals surface area contributed by atoms with Crippen molar-refractivity contribution < 1.29 is 0 Å². The highest BCUT2D eigenvalue weighted by Crippen LogP contribution is 2.30. The number of anilines is 1. The lowest BCUT2D eigenvalue weighted by Crippen LogP contribution is -2.50. The van der Waals surface area contributed by atoms with Gasteiger partial charge in [-0.15, -0.1) is 0 Å². The van der Waals surface area contributed by atoms with E-state index >= 15 is 0 Å². The van der Waals surface area contributed by atoms with Gasteiger partial charge in [0.1, 0.15) is 5.82 Å². The van der Waals surface area contributed by atoms with Crippen LogP contribution < -0.4 is 15.9 Å². The summed E-state index contributed by atoms with van der Waals surface area (Å²) in [5.74, 6) is 1.13. The van der Waals surface area contributed by atoms with E-state index in [4.69, 9.17) is 16.6 Å². The Labute approximate surface area is 153 Å². The van der Waals surface area contributed by atoms with Crippen LogP contribution in [0.2, 0.25) is 5.02 Å². The first-order valence-corrected chi connectivity index (χ1v) is 9.23. The topological polar surface area (TPSA) is 30.9 Å². The maximum absolute atomic E-state index is 6.22. The van der Waals surface area contributed by atoms with Crippen LogP contribution in [-0.4, -0.2) is 42.0 Å². The van der Waals surface area contributed by atoms with Gasteiger partial charge in [0.15, 0.2) is 0 Å². The molecule has 1 saturated heterocycles. The zero-order valence-corrected chi connectivity index (χ0v) is 15.4. The average Bonchev–Trinajstić information content (AvgIpc) is 2.78. The van der Waals surface area contributed by atoms with Gasteiger partial charge >= 0.3 is 0 Å². The van der Waals surface area contributed by atoms with Gasteiger partial charge in [-0.05, 0) is 44.2 Å². The van der Waals surface area contributed by atoms with Crippen molar-refractivity contribution in [3.05, 3.63) is 58.1 Å². The molecular weight excluding hydrogens is 332 g/mol. The van der Waals surface area contributed by atoms with Crippen molar-refractivity contribution in [2.75, 3.05) is 31.5 Å². The molecule has 2 aliphatic rings. The van der Waals surface area contributed by atoms with E-state index in [0.717, 1.165) is 59.0 Å². The average molecular weight is 355 g/mol. The summed E-state index contributed by atoms with van der Waals surface area (Å²) in [4.78, 5) is 9.81. The molecule has 0 atom stereocenters. The highest BCUT2D eigenvalue weighted by atomic mass is 35.5. The second-order valence-electron chi connectivity index (χ2n) is 6.88. The van der Waals surface area contributed by atoms with Crippen LogP contribution in [-0.2, 0) is 0 Å². The summed E-state index contributed by atoms with van der Waals surface area (Å²) >= 11 is 6.22. The van der Waals surface area contributed by atoms with Gasteiger partial charge < -0.3 is 10.2 Å². The fourth-order valence-corrected chi connectivity index (χ4v) is 3.69. The lowest BCUT2D eigenvalue weighted by molar-refractivity contribution is 0.142. The maximum Gasteiger partial charge on any atom is 0.116 e. The number of halogens is 1. The molecular formula is C20H23ClN4. The van der Waals surface area contributed by atoms with E-state index in [1.54, 1.807) is 0 Å². The van der Waals surface area contributed by atoms with E-state index in [1.165, 1.54) is 0 Å². The molecule has 130 valence electrons. The largest absolute Gasteiger partial charge is 0.355 e. The van der Waals surface area contributed by atoms with Crippen LogP contribution in [0.4, 0.5) is 11.4 Å². The number of hydrogen-bond donors (Lipinski definition) is 1. The van der Waals surface area contributed by atoms with Crippen molar-refractivity contribution >= 4 is 28.8 Å². The predicted molar refractivity (Wildman–Crippen MR) is 104 cm³/mol. The van der Waals surface area contributed by atoms with Crippen LogP contribution >= 0.6 is 11.6 Å². The normalized spacial score (nSPS) is 17.4. The summed E-state index contributed by atoms with van der Waals surface area (Å²) in [6.07, 6.45) is 0. The van der Waals surface area contributed by atoms with Crippen molar-refractivity contribution in [2.45, 2.75) is 19.9 Å². The number of nitrogens with zero attached hydrogens (tertiary/aromatic N) is 3. The molecule has 0 saturated carbocycles. The molecule has 0 aromatic heterocycles. The quantitative estimate of drug-likeness (QED) is 0.899. The number of benzene rings is 2. The molecule has 0 aliphatic carbocycles. The minimum atomic E-state index is 0.594. The summed E-state index contributed by atoms with van der Waals surface area (Å²) in [5, 5.41) is 6.48. The van der Waals surface area contributed by atoms with E-state index in [0.29, 0.717) is 6.04 Å². The first-order valence-electron chi connectivity index (χ1n) is 8.85. The lowest BCUT2D eigenvalue weighted by Gasteiger charge is -2.39. The third-order valence-corrected chi connectivity index (χ3v) is 5.21. The van der Waals surface area contributed by atoms with Crippen LogP contribution in [0, 0.1) is 0 Å². The van der Waals surface area contributed by atoms with E-state index in [1.807, 2.05) is 24.3 Å². The molecule has 4 nitrogen and oxygen atoms in total. The van der Waals surface area contributed by atoms with Gasteiger partial charge in [-0.25, -0.2) is 4.99 Å². The van der Waals surface area contributed by atoms with Crippen molar-refractivity contribution in [2.24, 2.45) is 4.99 Å². The van der Waals surface area contributed by atoms with Crippen LogP contribution in [0.15, 0.2) is 47.5 Å². The summed E-state index contributed by atoms with van der Waals surface area (Å²) in [6, 6.07) is 14.7. The molecule has 0 amide bonds. The van der Waals surface area contributed by atoms with Gasteiger partial charge in [0.2, 0.25) is 0 Å². The van der Waals surface area contributed by atoms with Gasteiger partial charge in [-0.2, -0.15) is 0 Å². The first-order chi connectivity index (χ1) is 12.1. The molecule has 0 spiro atoms. The van der Waals surface area contributed by atoms with Crippen molar-refractivity contribution in [1.29, 1.82) is 0 Å². The lowest BCUT2D eigenvalue weighted by atomic mass is 10.2. The predicted octanol–water partition coefficient (Wildman–Crippen LogP) is 2.81. The fourth-order valence-electron chi connectivity index (χ4n) is 3.51. The second-order valence-corrected chi connectivity index (χ2v) is 7.32. The van der Waals surface area contributed by atoms with Gasteiger partial charge in [-0.1, -0.05) is 23.7 Å². The smallest absolute Gasteiger partial charge is 0.116 e. The molecule has 4 rings (SSSR count). The van der Waals surface area contributed by atoms with Gasteiger partial charge in [0.05, 0.1) is 16.7 Å². The highest BCUT2D eigenvalue weighted by Gasteiger charge is 2.22. The Kier molecular flexibility index (Phi) is 4.40. The molecule has 2 aromatic carbocycles. The number of piperazine rings is 1. The highest BCUT2D eigenvalue weighted by molar-refractivity contribution is 6.31. The number of nitrogens with one attached hydrogen (secondary N) is 1. The minimum absolute atomic E-state index is 0.594. The zero-order chi connectivity index (χ0) is 17.4. The zero-order valence-electron chi connectivity index (χ0n) is 14.7. The summed E-state index contributed by atoms with van der Waals surface area (Å²) < 4.78 is 0. The Hall–Kier alpha value is -2.04. The number of para-hydroxylation sites is 1. The van der Waals surface area contributed by atoms with Crippen LogP contribution in [0.3, 0.4) is 0 Å². The summed E-state index contributed by atoms with van der Waals surface area (Å²) in [6.45, 7) is 8.68. The van der Waals surface area contributed by atoms with Crippen molar-refractivity contribution in [1.82, 2.24) is 9.80 Å². The molecule has 1 N–H and O–H groups in total. The minimum Gasteiger partial charge on any atom is -0.355 e. The van der Waals surface area contributed by atoms with Crippen LogP contribution in [0.1, 0.15) is 13.8 Å². The molecule has 2 aromatic rings. The number of rotatable bonds is 2. The van der Waals surface area contributed by atoms with Crippen molar-refractivity contribution in [3.8, 4) is 0 Å². The van der Waals surface area contributed by atoms with E-state index in [9.17, 15) is 0 Å². The van der Waals surface area contributed by atoms with Crippen LogP contribution in [0.5, 0.6) is 0 Å². The molecule has 1 fully saturated rings. The third-order valence-electron chi connectivity index (χ3n) is 4.97. The van der Waals surface area contributed by atoms with Gasteiger partial charge in [0, 0.05) is 42.5 Å². The molecule has 0 bridgehead atoms. The first kappa shape index (κ1) is 16.4. The fraction of sp³-hybridized carbons (Fsp3) is 0.350. The van der Waals surface area contributed by atoms with Crippen molar-refractivity contribution in [3.63, 3.8) is 0 Å². The monoisotopic (exact) mass is 354 g/mol. The number of hydrogen-bond acceptors (Lipinski definition) is 4. The Morgan fingerprint density at radius 2 is 1.80 bits per heavy atom. The molecule has 25 heavy (non-hydrogen) atoms. The molecule has 5 heteroatoms. The second kappa shape index (κ2) is 6.70. The molecule has 0 unspecified atom stereocenters. The van der Waals surface area contributed by atoms with E-state index in [2.05, 4.69) is 47.2 Å². The van der Waals surface area contributed by atoms with Gasteiger partial charge in [0.25, 0.3) is 0 Å². The summed E-state index contributed by atoms with van der Waals surface area (Å²) in [7, 11) is 0. The van der Waals surface area contributed by atoms with Gasteiger partial charge in [-0.3, -0.25) is 4.90 Å². The standard InChI is InChI=1S/C20H23ClN4/c1-14(2)24-9-11-25(12-10-24)20-16-5-3-4-6-17(16)22-18-8-7-15(21)13-19(18)23-20/h3-8,13-14,23H,9-12H2,1-2H3. The van der Waals surface area contributed by atoms with E-state index < -0.39 is 0 Å². The molecule has 2 heterocycles. The summed E-state index contributed by atoms with van der Waals surface area (Å²) in [5.41, 5.74) is 1.89. The maximum atomic E-state index is 6.22. The molecule has 2 aliphatic heterocycles.